The van der Waals surface area contributed by atoms with Crippen LogP contribution in [0.15, 0.2) is 24.4 Å². The van der Waals surface area contributed by atoms with Crippen LogP contribution in [0.1, 0.15) is 42.8 Å². The number of hydrogen-bond donors (Lipinski definition) is 3. The Morgan fingerprint density at radius 2 is 2.14 bits per heavy atom. The Bertz CT molecular complexity index is 603. The van der Waals surface area contributed by atoms with E-state index in [1.807, 2.05) is 19.1 Å². The second-order valence-corrected chi connectivity index (χ2v) is 5.25. The number of unbranched alkanes of at least 4 members (excludes halogenated alkanes) is 1. The van der Waals surface area contributed by atoms with Crippen molar-refractivity contribution in [3.8, 4) is 0 Å². The van der Waals surface area contributed by atoms with Crippen LogP contribution in [0.3, 0.4) is 0 Å². The molecule has 6 nitrogen and oxygen atoms in total. The third-order valence-electron chi connectivity index (χ3n) is 3.50. The molecule has 4 N–H and O–H groups in total. The molecule has 2 rings (SSSR count). The molecule has 0 aliphatic heterocycles. The van der Waals surface area contributed by atoms with Gasteiger partial charge in [-0.2, -0.15) is 4.98 Å². The highest BCUT2D eigenvalue weighted by Crippen LogP contribution is 2.21. The van der Waals surface area contributed by atoms with Gasteiger partial charge in [-0.05, 0) is 31.9 Å². The van der Waals surface area contributed by atoms with E-state index in [-0.39, 0.29) is 5.95 Å². The monoisotopic (exact) mass is 301 g/mol. The van der Waals surface area contributed by atoms with E-state index in [0.717, 1.165) is 30.5 Å². The predicted molar refractivity (Wildman–Crippen MR) is 87.5 cm³/mol. The Balaban J connectivity index is 2.11. The van der Waals surface area contributed by atoms with Crippen LogP contribution in [-0.4, -0.2) is 26.6 Å². The van der Waals surface area contributed by atoms with E-state index in [1.165, 1.54) is 0 Å². The van der Waals surface area contributed by atoms with Crippen molar-refractivity contribution in [1.82, 2.24) is 15.0 Å². The zero-order chi connectivity index (χ0) is 15.9. The minimum absolute atomic E-state index is 0.243. The highest BCUT2D eigenvalue weighted by Gasteiger charge is 2.13. The Hall–Kier alpha value is -2.21. The van der Waals surface area contributed by atoms with E-state index in [2.05, 4.69) is 27.2 Å². The predicted octanol–water partition coefficient (Wildman–Crippen LogP) is 2.25. The van der Waals surface area contributed by atoms with Crippen LogP contribution in [0.25, 0.3) is 0 Å². The number of aliphatic hydroxyl groups is 1. The molecule has 0 saturated heterocycles. The largest absolute Gasteiger partial charge is 0.385 e. The number of nitrogens with one attached hydrogen (secondary N) is 1. The Kier molecular flexibility index (Phi) is 5.66. The molecule has 2 aromatic rings. The van der Waals surface area contributed by atoms with Crippen molar-refractivity contribution in [2.45, 2.75) is 39.2 Å². The summed E-state index contributed by atoms with van der Waals surface area (Å²) in [5, 5.41) is 13.4. The van der Waals surface area contributed by atoms with Crippen molar-refractivity contribution < 1.29 is 5.11 Å². The highest BCUT2D eigenvalue weighted by atomic mass is 16.3. The Morgan fingerprint density at radius 3 is 2.82 bits per heavy atom. The maximum Gasteiger partial charge on any atom is 0.222 e. The molecule has 22 heavy (non-hydrogen) atoms. The van der Waals surface area contributed by atoms with Crippen molar-refractivity contribution in [2.75, 3.05) is 17.6 Å². The third-order valence-corrected chi connectivity index (χ3v) is 3.50. The highest BCUT2D eigenvalue weighted by molar-refractivity contribution is 5.49. The van der Waals surface area contributed by atoms with Gasteiger partial charge < -0.3 is 16.2 Å². The fourth-order valence-electron chi connectivity index (χ4n) is 2.29. The smallest absolute Gasteiger partial charge is 0.222 e. The van der Waals surface area contributed by atoms with Gasteiger partial charge in [0.1, 0.15) is 11.9 Å². The fraction of sp³-hybridized carbons (Fsp3) is 0.438. The molecule has 0 bridgehead atoms. The fourth-order valence-corrected chi connectivity index (χ4v) is 2.29. The van der Waals surface area contributed by atoms with E-state index >= 15 is 0 Å². The zero-order valence-corrected chi connectivity index (χ0v) is 13.1. The molecule has 0 amide bonds. The van der Waals surface area contributed by atoms with Crippen LogP contribution in [0.2, 0.25) is 0 Å². The van der Waals surface area contributed by atoms with Crippen molar-refractivity contribution >= 4 is 11.8 Å². The van der Waals surface area contributed by atoms with Crippen LogP contribution < -0.4 is 11.1 Å². The number of hydrogen-bond acceptors (Lipinski definition) is 6. The summed E-state index contributed by atoms with van der Waals surface area (Å²) in [6.45, 7) is 4.40. The summed E-state index contributed by atoms with van der Waals surface area (Å²) < 4.78 is 0. The average Bonchev–Trinajstić information content (AvgIpc) is 2.52. The molecule has 2 aromatic heterocycles. The van der Waals surface area contributed by atoms with Gasteiger partial charge in [0.05, 0.1) is 5.69 Å². The van der Waals surface area contributed by atoms with E-state index in [1.54, 1.807) is 12.3 Å². The molecule has 0 aliphatic carbocycles. The number of aryl methyl sites for hydroxylation is 1. The molecule has 0 saturated carbocycles. The maximum absolute atomic E-state index is 10.2. The number of nitrogens with zero attached hydrogens (tertiary/aromatic N) is 3. The lowest BCUT2D eigenvalue weighted by molar-refractivity contribution is 0.186. The van der Waals surface area contributed by atoms with Crippen molar-refractivity contribution in [1.29, 1.82) is 0 Å². The maximum atomic E-state index is 10.2. The summed E-state index contributed by atoms with van der Waals surface area (Å²) in [6.07, 6.45) is 4.02. The standard InChI is InChI=1S/C16H23N5O/c1-3-4-7-12-11(2)20-16(17)21-15(12)19-10-14(22)13-8-5-6-9-18-13/h5-6,8-9,14,22H,3-4,7,10H2,1-2H3,(H3,17,19,20,21)/t14-/m0/s1. The van der Waals surface area contributed by atoms with Gasteiger partial charge >= 0.3 is 0 Å². The molecule has 0 fully saturated rings. The summed E-state index contributed by atoms with van der Waals surface area (Å²) >= 11 is 0. The second-order valence-electron chi connectivity index (χ2n) is 5.25. The average molecular weight is 301 g/mol. The van der Waals surface area contributed by atoms with Gasteiger partial charge in [-0.1, -0.05) is 19.4 Å². The molecular formula is C16H23N5O. The molecule has 118 valence electrons. The Labute approximate surface area is 130 Å². The first-order valence-corrected chi connectivity index (χ1v) is 7.57. The molecule has 0 aromatic carbocycles. The number of rotatable bonds is 7. The molecular weight excluding hydrogens is 278 g/mol. The quantitative estimate of drug-likeness (QED) is 0.725. The SMILES string of the molecule is CCCCc1c(C)nc(N)nc1NC[C@H](O)c1ccccn1. The number of aliphatic hydroxyl groups excluding tert-OH is 1. The number of anilines is 2. The van der Waals surface area contributed by atoms with Gasteiger partial charge in [0.15, 0.2) is 0 Å². The van der Waals surface area contributed by atoms with Crippen molar-refractivity contribution in [3.05, 3.63) is 41.3 Å². The molecule has 0 radical (unpaired) electrons. The van der Waals surface area contributed by atoms with Crippen molar-refractivity contribution in [3.63, 3.8) is 0 Å². The lowest BCUT2D eigenvalue weighted by atomic mass is 10.1. The van der Waals surface area contributed by atoms with E-state index in [0.29, 0.717) is 18.1 Å². The number of pyridine rings is 1. The van der Waals surface area contributed by atoms with Gasteiger partial charge in [-0.15, -0.1) is 0 Å². The van der Waals surface area contributed by atoms with Crippen LogP contribution in [0.5, 0.6) is 0 Å². The van der Waals surface area contributed by atoms with Crippen LogP contribution in [-0.2, 0) is 6.42 Å². The molecule has 0 spiro atoms. The molecule has 1 atom stereocenters. The normalized spacial score (nSPS) is 12.1. The van der Waals surface area contributed by atoms with Gasteiger partial charge in [0.25, 0.3) is 0 Å². The zero-order valence-electron chi connectivity index (χ0n) is 13.1. The van der Waals surface area contributed by atoms with E-state index in [4.69, 9.17) is 5.73 Å². The topological polar surface area (TPSA) is 97.0 Å². The summed E-state index contributed by atoms with van der Waals surface area (Å²) in [7, 11) is 0. The molecule has 0 unspecified atom stereocenters. The number of nitrogens with two attached hydrogens (primary N) is 1. The lowest BCUT2D eigenvalue weighted by Gasteiger charge is -2.16. The van der Waals surface area contributed by atoms with Crippen molar-refractivity contribution in [2.24, 2.45) is 0 Å². The minimum atomic E-state index is -0.697. The van der Waals surface area contributed by atoms with Gasteiger partial charge in [0.2, 0.25) is 5.95 Å². The lowest BCUT2D eigenvalue weighted by Crippen LogP contribution is -2.17. The Morgan fingerprint density at radius 1 is 1.32 bits per heavy atom. The second kappa shape index (κ2) is 7.70. The van der Waals surface area contributed by atoms with Gasteiger partial charge in [-0.25, -0.2) is 4.98 Å². The summed E-state index contributed by atoms with van der Waals surface area (Å²) in [4.78, 5) is 12.7. The first kappa shape index (κ1) is 16.2. The third kappa shape index (κ3) is 4.14. The first-order valence-electron chi connectivity index (χ1n) is 7.57. The number of aromatic nitrogens is 3. The number of nitrogen functional groups attached to an aromatic ring is 1. The first-order chi connectivity index (χ1) is 10.6. The van der Waals surface area contributed by atoms with Crippen LogP contribution in [0.4, 0.5) is 11.8 Å². The minimum Gasteiger partial charge on any atom is -0.385 e. The summed E-state index contributed by atoms with van der Waals surface area (Å²) in [6, 6.07) is 5.47. The van der Waals surface area contributed by atoms with Gasteiger partial charge in [0, 0.05) is 24.0 Å². The van der Waals surface area contributed by atoms with E-state index < -0.39 is 6.10 Å². The molecule has 6 heteroatoms. The van der Waals surface area contributed by atoms with Crippen LogP contribution >= 0.6 is 0 Å². The summed E-state index contributed by atoms with van der Waals surface area (Å²) in [5.41, 5.74) is 8.31. The molecule has 2 heterocycles. The van der Waals surface area contributed by atoms with Gasteiger partial charge in [-0.3, -0.25) is 4.98 Å². The molecule has 0 aliphatic rings. The summed E-state index contributed by atoms with van der Waals surface area (Å²) in [5.74, 6) is 0.945. The van der Waals surface area contributed by atoms with Crippen LogP contribution in [0, 0.1) is 6.92 Å². The van der Waals surface area contributed by atoms with E-state index in [9.17, 15) is 5.11 Å².